The van der Waals surface area contributed by atoms with E-state index >= 15 is 0 Å². The maximum atomic E-state index is 11.4. The lowest BCUT2D eigenvalue weighted by atomic mass is 9.91. The van der Waals surface area contributed by atoms with Crippen molar-refractivity contribution in [3.05, 3.63) is 0 Å². The number of carbonyl (C=O) groups excluding carboxylic acids is 1. The summed E-state index contributed by atoms with van der Waals surface area (Å²) in [6.45, 7) is 2.39. The largest absolute Gasteiger partial charge is 0.468 e. The van der Waals surface area contributed by atoms with Gasteiger partial charge in [0.1, 0.15) is 0 Å². The molecule has 0 aromatic rings. The number of ether oxygens (including phenoxy) is 1. The molecule has 1 heterocycles. The first-order chi connectivity index (χ1) is 8.71. The third-order valence-electron chi connectivity index (χ3n) is 3.78. The van der Waals surface area contributed by atoms with Gasteiger partial charge in [0.2, 0.25) is 0 Å². The fraction of sp³-hybridized carbons (Fsp3) is 0.923. The Kier molecular flexibility index (Phi) is 4.97. The summed E-state index contributed by atoms with van der Waals surface area (Å²) in [5.41, 5.74) is 0. The first kappa shape index (κ1) is 13.8. The normalized spacial score (nSPS) is 29.2. The molecule has 0 spiro atoms. The topological polar surface area (TPSA) is 61.8 Å². The number of methoxy groups -OCH3 is 1. The Morgan fingerprint density at radius 2 is 2.17 bits per heavy atom. The summed E-state index contributed by atoms with van der Waals surface area (Å²) < 4.78 is 4.73. The molecule has 0 radical (unpaired) electrons. The van der Waals surface area contributed by atoms with E-state index < -0.39 is 0 Å². The molecular formula is C13H24N2O3. The zero-order chi connectivity index (χ0) is 13.0. The van der Waals surface area contributed by atoms with Gasteiger partial charge >= 0.3 is 5.97 Å². The van der Waals surface area contributed by atoms with Crippen molar-refractivity contribution >= 4 is 5.97 Å². The maximum Gasteiger partial charge on any atom is 0.319 e. The molecule has 0 amide bonds. The summed E-state index contributed by atoms with van der Waals surface area (Å²) in [4.78, 5) is 13.5. The molecule has 1 aliphatic carbocycles. The highest BCUT2D eigenvalue weighted by atomic mass is 16.5. The summed E-state index contributed by atoms with van der Waals surface area (Å²) in [7, 11) is 1.43. The Hall–Kier alpha value is -0.650. The molecule has 2 atom stereocenters. The molecule has 18 heavy (non-hydrogen) atoms. The van der Waals surface area contributed by atoms with Crippen molar-refractivity contribution in [2.75, 3.05) is 33.4 Å². The van der Waals surface area contributed by atoms with Gasteiger partial charge in [-0.1, -0.05) is 0 Å². The van der Waals surface area contributed by atoms with Crippen LogP contribution < -0.4 is 5.32 Å². The number of hydrogen-bond donors (Lipinski definition) is 2. The Morgan fingerprint density at radius 3 is 2.78 bits per heavy atom. The van der Waals surface area contributed by atoms with Crippen LogP contribution in [0.4, 0.5) is 0 Å². The van der Waals surface area contributed by atoms with E-state index in [1.54, 1.807) is 0 Å². The number of carbonyl (C=O) groups is 1. The molecule has 5 heteroatoms. The van der Waals surface area contributed by atoms with Crippen LogP contribution in [0, 0.1) is 5.92 Å². The lowest BCUT2D eigenvalue weighted by Gasteiger charge is -2.37. The van der Waals surface area contributed by atoms with Gasteiger partial charge in [0, 0.05) is 31.8 Å². The number of aliphatic hydroxyl groups excluding tert-OH is 1. The van der Waals surface area contributed by atoms with Crippen LogP contribution in [0.2, 0.25) is 0 Å². The molecular weight excluding hydrogens is 232 g/mol. The summed E-state index contributed by atoms with van der Waals surface area (Å²) in [6, 6.07) is 1.13. The fourth-order valence-electron chi connectivity index (χ4n) is 2.77. The molecule has 2 aliphatic rings. The van der Waals surface area contributed by atoms with Crippen LogP contribution in [0.1, 0.15) is 25.7 Å². The number of hydrogen-bond acceptors (Lipinski definition) is 5. The second kappa shape index (κ2) is 6.50. The predicted molar refractivity (Wildman–Crippen MR) is 68.2 cm³/mol. The highest BCUT2D eigenvalue weighted by Gasteiger charge is 2.31. The zero-order valence-electron chi connectivity index (χ0n) is 11.1. The quantitative estimate of drug-likeness (QED) is 0.654. The Morgan fingerprint density at radius 1 is 1.39 bits per heavy atom. The van der Waals surface area contributed by atoms with Crippen molar-refractivity contribution in [1.29, 1.82) is 0 Å². The number of piperidine rings is 1. The van der Waals surface area contributed by atoms with E-state index in [9.17, 15) is 4.79 Å². The third-order valence-corrected chi connectivity index (χ3v) is 3.78. The van der Waals surface area contributed by atoms with Gasteiger partial charge in [0.15, 0.2) is 0 Å². The number of nitrogens with zero attached hydrogens (tertiary/aromatic N) is 1. The summed E-state index contributed by atoms with van der Waals surface area (Å²) in [5, 5.41) is 12.7. The number of esters is 1. The van der Waals surface area contributed by atoms with Crippen molar-refractivity contribution in [3.63, 3.8) is 0 Å². The molecule has 0 aromatic carbocycles. The average molecular weight is 256 g/mol. The van der Waals surface area contributed by atoms with E-state index in [0.717, 1.165) is 25.9 Å². The Labute approximate surface area is 108 Å². The highest BCUT2D eigenvalue weighted by Crippen LogP contribution is 2.25. The predicted octanol–water partition coefficient (Wildman–Crippen LogP) is -0.0157. The molecule has 2 N–H and O–H groups in total. The second-order valence-corrected chi connectivity index (χ2v) is 5.52. The first-order valence-electron chi connectivity index (χ1n) is 6.87. The fourth-order valence-corrected chi connectivity index (χ4v) is 2.77. The van der Waals surface area contributed by atoms with Crippen LogP contribution in [0.25, 0.3) is 0 Å². The SMILES string of the molecule is COC(=O)CN1CC(CCO)CC(NC2CC2)C1. The van der Waals surface area contributed by atoms with Crippen LogP contribution in [0.3, 0.4) is 0 Å². The monoisotopic (exact) mass is 256 g/mol. The zero-order valence-corrected chi connectivity index (χ0v) is 11.1. The number of likely N-dealkylation sites (tertiary alicyclic amines) is 1. The summed E-state index contributed by atoms with van der Waals surface area (Å²) >= 11 is 0. The molecule has 0 bridgehead atoms. The van der Waals surface area contributed by atoms with E-state index in [4.69, 9.17) is 9.84 Å². The van der Waals surface area contributed by atoms with Gasteiger partial charge in [-0.2, -0.15) is 0 Å². The molecule has 1 saturated heterocycles. The highest BCUT2D eigenvalue weighted by molar-refractivity contribution is 5.71. The summed E-state index contributed by atoms with van der Waals surface area (Å²) in [6.07, 6.45) is 4.48. The molecule has 5 nitrogen and oxygen atoms in total. The molecule has 2 unspecified atom stereocenters. The van der Waals surface area contributed by atoms with Crippen LogP contribution in [0.15, 0.2) is 0 Å². The molecule has 1 saturated carbocycles. The molecule has 2 rings (SSSR count). The number of nitrogens with one attached hydrogen (secondary N) is 1. The standard InChI is InChI=1S/C13H24N2O3/c1-18-13(17)9-15-7-10(4-5-16)6-12(8-15)14-11-2-3-11/h10-12,14,16H,2-9H2,1H3. The average Bonchev–Trinajstić information content (AvgIpc) is 3.13. The Balaban J connectivity index is 1.85. The lowest BCUT2D eigenvalue weighted by molar-refractivity contribution is -0.142. The minimum atomic E-state index is -0.176. The van der Waals surface area contributed by atoms with Crippen molar-refractivity contribution in [2.45, 2.75) is 37.8 Å². The second-order valence-electron chi connectivity index (χ2n) is 5.52. The van der Waals surface area contributed by atoms with Crippen molar-refractivity contribution < 1.29 is 14.6 Å². The summed E-state index contributed by atoms with van der Waals surface area (Å²) in [5.74, 6) is 0.300. The number of rotatable bonds is 6. The molecule has 104 valence electrons. The van der Waals surface area contributed by atoms with E-state index in [2.05, 4.69) is 10.2 Å². The van der Waals surface area contributed by atoms with E-state index in [-0.39, 0.29) is 12.6 Å². The van der Waals surface area contributed by atoms with Gasteiger partial charge in [-0.25, -0.2) is 0 Å². The maximum absolute atomic E-state index is 11.4. The van der Waals surface area contributed by atoms with Crippen LogP contribution in [-0.2, 0) is 9.53 Å². The third kappa shape index (κ3) is 4.23. The van der Waals surface area contributed by atoms with Crippen molar-refractivity contribution in [2.24, 2.45) is 5.92 Å². The van der Waals surface area contributed by atoms with Gasteiger partial charge in [-0.05, 0) is 31.6 Å². The van der Waals surface area contributed by atoms with E-state index in [1.165, 1.54) is 20.0 Å². The minimum absolute atomic E-state index is 0.176. The van der Waals surface area contributed by atoms with Crippen molar-refractivity contribution in [1.82, 2.24) is 10.2 Å². The van der Waals surface area contributed by atoms with Gasteiger partial charge in [0.05, 0.1) is 13.7 Å². The first-order valence-corrected chi connectivity index (χ1v) is 6.87. The lowest BCUT2D eigenvalue weighted by Crippen LogP contribution is -2.51. The molecule has 0 aromatic heterocycles. The van der Waals surface area contributed by atoms with Gasteiger partial charge in [0.25, 0.3) is 0 Å². The minimum Gasteiger partial charge on any atom is -0.468 e. The molecule has 1 aliphatic heterocycles. The molecule has 2 fully saturated rings. The van der Waals surface area contributed by atoms with Crippen LogP contribution in [-0.4, -0.2) is 61.4 Å². The van der Waals surface area contributed by atoms with E-state index in [1.807, 2.05) is 0 Å². The van der Waals surface area contributed by atoms with E-state index in [0.29, 0.717) is 24.5 Å². The van der Waals surface area contributed by atoms with Crippen molar-refractivity contribution in [3.8, 4) is 0 Å². The van der Waals surface area contributed by atoms with Gasteiger partial charge in [-0.15, -0.1) is 0 Å². The smallest absolute Gasteiger partial charge is 0.319 e. The van der Waals surface area contributed by atoms with Gasteiger partial charge in [-0.3, -0.25) is 9.69 Å². The number of aliphatic hydroxyl groups is 1. The Bertz CT molecular complexity index is 281. The van der Waals surface area contributed by atoms with Crippen LogP contribution >= 0.6 is 0 Å². The van der Waals surface area contributed by atoms with Gasteiger partial charge < -0.3 is 15.2 Å². The van der Waals surface area contributed by atoms with Crippen LogP contribution in [0.5, 0.6) is 0 Å².